The third-order valence-corrected chi connectivity index (χ3v) is 3.34. The maximum atomic E-state index is 9.42. The standard InChI is InChI=1S/C12H24O2/c1-3-10-7-5-6-8-12(10)14-9-11(13)4-2/h10-13H,3-9H2,1-2H3. The Hall–Kier alpha value is -0.0800. The van der Waals surface area contributed by atoms with Crippen molar-refractivity contribution in [2.45, 2.75) is 64.6 Å². The zero-order valence-corrected chi connectivity index (χ0v) is 9.54. The van der Waals surface area contributed by atoms with Gasteiger partial charge in [0.2, 0.25) is 0 Å². The molecule has 0 aromatic heterocycles. The highest BCUT2D eigenvalue weighted by Gasteiger charge is 2.24. The minimum atomic E-state index is -0.269. The molecule has 0 amide bonds. The van der Waals surface area contributed by atoms with Crippen LogP contribution in [0.15, 0.2) is 0 Å². The zero-order valence-electron chi connectivity index (χ0n) is 9.54. The van der Waals surface area contributed by atoms with E-state index in [9.17, 15) is 5.11 Å². The molecule has 0 aromatic carbocycles. The number of hydrogen-bond acceptors (Lipinski definition) is 2. The van der Waals surface area contributed by atoms with Crippen LogP contribution in [0.1, 0.15) is 52.4 Å². The van der Waals surface area contributed by atoms with Gasteiger partial charge in [0.1, 0.15) is 0 Å². The number of aliphatic hydroxyl groups is 1. The predicted molar refractivity (Wildman–Crippen MR) is 58.3 cm³/mol. The van der Waals surface area contributed by atoms with E-state index < -0.39 is 0 Å². The first-order valence-electron chi connectivity index (χ1n) is 6.07. The van der Waals surface area contributed by atoms with E-state index in [4.69, 9.17) is 4.74 Å². The summed E-state index contributed by atoms with van der Waals surface area (Å²) in [5, 5.41) is 9.42. The minimum Gasteiger partial charge on any atom is -0.391 e. The third-order valence-electron chi connectivity index (χ3n) is 3.34. The second-order valence-corrected chi connectivity index (χ2v) is 4.39. The van der Waals surface area contributed by atoms with E-state index in [0.29, 0.717) is 12.7 Å². The quantitative estimate of drug-likeness (QED) is 0.739. The number of rotatable bonds is 5. The molecule has 1 aliphatic rings. The fourth-order valence-electron chi connectivity index (χ4n) is 2.21. The Morgan fingerprint density at radius 3 is 2.64 bits per heavy atom. The molecule has 0 spiro atoms. The monoisotopic (exact) mass is 200 g/mol. The van der Waals surface area contributed by atoms with Gasteiger partial charge in [-0.15, -0.1) is 0 Å². The lowest BCUT2D eigenvalue weighted by molar-refractivity contribution is -0.0511. The molecule has 14 heavy (non-hydrogen) atoms. The van der Waals surface area contributed by atoms with Crippen LogP contribution in [0.5, 0.6) is 0 Å². The molecule has 0 aromatic rings. The van der Waals surface area contributed by atoms with Gasteiger partial charge in [0.25, 0.3) is 0 Å². The molecular weight excluding hydrogens is 176 g/mol. The van der Waals surface area contributed by atoms with Gasteiger partial charge in [-0.05, 0) is 25.2 Å². The van der Waals surface area contributed by atoms with Crippen molar-refractivity contribution in [2.24, 2.45) is 5.92 Å². The molecule has 3 atom stereocenters. The molecule has 1 N–H and O–H groups in total. The Morgan fingerprint density at radius 2 is 2.00 bits per heavy atom. The second-order valence-electron chi connectivity index (χ2n) is 4.39. The topological polar surface area (TPSA) is 29.5 Å². The second kappa shape index (κ2) is 6.41. The van der Waals surface area contributed by atoms with Crippen molar-refractivity contribution in [3.63, 3.8) is 0 Å². The first kappa shape index (κ1) is 12.0. The Kier molecular flexibility index (Phi) is 5.49. The van der Waals surface area contributed by atoms with Crippen LogP contribution in [0.2, 0.25) is 0 Å². The van der Waals surface area contributed by atoms with Crippen LogP contribution in [-0.2, 0) is 4.74 Å². The average molecular weight is 200 g/mol. The zero-order chi connectivity index (χ0) is 10.4. The average Bonchev–Trinajstić information content (AvgIpc) is 2.26. The fourth-order valence-corrected chi connectivity index (χ4v) is 2.21. The summed E-state index contributed by atoms with van der Waals surface area (Å²) in [5.41, 5.74) is 0. The summed E-state index contributed by atoms with van der Waals surface area (Å²) >= 11 is 0. The Morgan fingerprint density at radius 1 is 1.29 bits per heavy atom. The Balaban J connectivity index is 2.26. The van der Waals surface area contributed by atoms with Gasteiger partial charge < -0.3 is 9.84 Å². The highest BCUT2D eigenvalue weighted by Crippen LogP contribution is 2.29. The van der Waals surface area contributed by atoms with Crippen molar-refractivity contribution in [2.75, 3.05) is 6.61 Å². The van der Waals surface area contributed by atoms with Crippen molar-refractivity contribution in [1.82, 2.24) is 0 Å². The van der Waals surface area contributed by atoms with Gasteiger partial charge in [0.15, 0.2) is 0 Å². The fraction of sp³-hybridized carbons (Fsp3) is 1.00. The molecule has 1 rings (SSSR count). The number of hydrogen-bond donors (Lipinski definition) is 1. The van der Waals surface area contributed by atoms with Crippen LogP contribution in [0, 0.1) is 5.92 Å². The van der Waals surface area contributed by atoms with E-state index in [1.54, 1.807) is 0 Å². The molecular formula is C12H24O2. The van der Waals surface area contributed by atoms with Gasteiger partial charge in [-0.25, -0.2) is 0 Å². The molecule has 2 nitrogen and oxygen atoms in total. The molecule has 0 aliphatic heterocycles. The molecule has 1 saturated carbocycles. The van der Waals surface area contributed by atoms with Crippen LogP contribution in [-0.4, -0.2) is 23.9 Å². The lowest BCUT2D eigenvalue weighted by atomic mass is 9.85. The molecule has 0 heterocycles. The summed E-state index contributed by atoms with van der Waals surface area (Å²) in [6.07, 6.45) is 7.30. The SMILES string of the molecule is CCC(O)COC1CCCCC1CC. The molecule has 0 radical (unpaired) electrons. The maximum Gasteiger partial charge on any atom is 0.0771 e. The molecule has 3 unspecified atom stereocenters. The molecule has 1 aliphatic carbocycles. The van der Waals surface area contributed by atoms with E-state index in [1.807, 2.05) is 6.92 Å². The van der Waals surface area contributed by atoms with Crippen LogP contribution in [0.4, 0.5) is 0 Å². The van der Waals surface area contributed by atoms with Crippen molar-refractivity contribution < 1.29 is 9.84 Å². The smallest absolute Gasteiger partial charge is 0.0771 e. The van der Waals surface area contributed by atoms with Crippen molar-refractivity contribution in [3.8, 4) is 0 Å². The van der Waals surface area contributed by atoms with E-state index in [0.717, 1.165) is 12.3 Å². The van der Waals surface area contributed by atoms with Gasteiger partial charge in [-0.1, -0.05) is 33.1 Å². The van der Waals surface area contributed by atoms with Crippen molar-refractivity contribution in [3.05, 3.63) is 0 Å². The van der Waals surface area contributed by atoms with E-state index in [1.165, 1.54) is 32.1 Å². The van der Waals surface area contributed by atoms with Gasteiger partial charge in [0, 0.05) is 0 Å². The molecule has 0 bridgehead atoms. The summed E-state index contributed by atoms with van der Waals surface area (Å²) in [6.45, 7) is 4.76. The van der Waals surface area contributed by atoms with Gasteiger partial charge >= 0.3 is 0 Å². The largest absolute Gasteiger partial charge is 0.391 e. The third kappa shape index (κ3) is 3.58. The van der Waals surface area contributed by atoms with Crippen LogP contribution < -0.4 is 0 Å². The minimum absolute atomic E-state index is 0.269. The lowest BCUT2D eigenvalue weighted by Crippen LogP contribution is -2.30. The summed E-state index contributed by atoms with van der Waals surface area (Å²) in [6, 6.07) is 0. The lowest BCUT2D eigenvalue weighted by Gasteiger charge is -2.31. The normalized spacial score (nSPS) is 30.2. The Bertz CT molecular complexity index is 147. The van der Waals surface area contributed by atoms with Gasteiger partial charge in [-0.2, -0.15) is 0 Å². The number of ether oxygens (including phenoxy) is 1. The van der Waals surface area contributed by atoms with Gasteiger partial charge in [-0.3, -0.25) is 0 Å². The first-order chi connectivity index (χ1) is 6.77. The van der Waals surface area contributed by atoms with E-state index in [2.05, 4.69) is 6.92 Å². The molecule has 2 heteroatoms. The van der Waals surface area contributed by atoms with E-state index in [-0.39, 0.29) is 6.10 Å². The van der Waals surface area contributed by atoms with Crippen LogP contribution >= 0.6 is 0 Å². The van der Waals surface area contributed by atoms with Gasteiger partial charge in [0.05, 0.1) is 18.8 Å². The summed E-state index contributed by atoms with van der Waals surface area (Å²) < 4.78 is 5.79. The van der Waals surface area contributed by atoms with Crippen molar-refractivity contribution >= 4 is 0 Å². The Labute approximate surface area is 87.7 Å². The summed E-state index contributed by atoms with van der Waals surface area (Å²) in [7, 11) is 0. The maximum absolute atomic E-state index is 9.42. The molecule has 0 saturated heterocycles. The summed E-state index contributed by atoms with van der Waals surface area (Å²) in [4.78, 5) is 0. The van der Waals surface area contributed by atoms with E-state index >= 15 is 0 Å². The first-order valence-corrected chi connectivity index (χ1v) is 6.07. The summed E-state index contributed by atoms with van der Waals surface area (Å²) in [5.74, 6) is 0.729. The van der Waals surface area contributed by atoms with Crippen molar-refractivity contribution in [1.29, 1.82) is 0 Å². The highest BCUT2D eigenvalue weighted by molar-refractivity contribution is 4.75. The number of aliphatic hydroxyl groups excluding tert-OH is 1. The van der Waals surface area contributed by atoms with Crippen LogP contribution in [0.25, 0.3) is 0 Å². The molecule has 84 valence electrons. The highest BCUT2D eigenvalue weighted by atomic mass is 16.5. The molecule has 1 fully saturated rings. The van der Waals surface area contributed by atoms with Crippen LogP contribution in [0.3, 0.4) is 0 Å². The predicted octanol–water partition coefficient (Wildman–Crippen LogP) is 2.74.